The number of aromatic nitrogens is 2. The Bertz CT molecular complexity index is 197. The molecule has 0 aromatic carbocycles. The smallest absolute Gasteiger partial charge is 0.143 e. The van der Waals surface area contributed by atoms with Crippen molar-refractivity contribution in [1.82, 2.24) is 10.2 Å². The highest BCUT2D eigenvalue weighted by molar-refractivity contribution is 8.01. The van der Waals surface area contributed by atoms with Crippen LogP contribution >= 0.6 is 23.1 Å². The monoisotopic (exact) mass is 174 g/mol. The third kappa shape index (κ3) is 2.27. The first kappa shape index (κ1) is 8.01. The molecule has 0 fully saturated rings. The van der Waals surface area contributed by atoms with Gasteiger partial charge in [-0.1, -0.05) is 30.0 Å². The molecule has 1 heterocycles. The summed E-state index contributed by atoms with van der Waals surface area (Å²) in [7, 11) is 0. The minimum Gasteiger partial charge on any atom is -0.143 e. The lowest BCUT2D eigenvalue weighted by molar-refractivity contribution is 0.981. The highest BCUT2D eigenvalue weighted by Gasteiger charge is 1.98. The average Bonchev–Trinajstić information content (AvgIpc) is 2.31. The maximum atomic E-state index is 3.98. The zero-order chi connectivity index (χ0) is 7.40. The fourth-order valence-electron chi connectivity index (χ4n) is 0.526. The zero-order valence-corrected chi connectivity index (χ0v) is 7.76. The topological polar surface area (TPSA) is 25.8 Å². The van der Waals surface area contributed by atoms with Crippen LogP contribution in [0.4, 0.5) is 0 Å². The van der Waals surface area contributed by atoms with Crippen LogP contribution < -0.4 is 0 Å². The molecule has 56 valence electrons. The molecule has 4 heteroatoms. The van der Waals surface area contributed by atoms with E-state index in [0.29, 0.717) is 0 Å². The van der Waals surface area contributed by atoms with E-state index in [-0.39, 0.29) is 0 Å². The first-order valence-electron chi connectivity index (χ1n) is 3.26. The van der Waals surface area contributed by atoms with Crippen LogP contribution in [0, 0.1) is 6.92 Å². The van der Waals surface area contributed by atoms with Gasteiger partial charge in [0.25, 0.3) is 0 Å². The van der Waals surface area contributed by atoms with Crippen LogP contribution in [0.25, 0.3) is 0 Å². The van der Waals surface area contributed by atoms with Gasteiger partial charge in [0.1, 0.15) is 5.01 Å². The van der Waals surface area contributed by atoms with Crippen molar-refractivity contribution < 1.29 is 0 Å². The molecule has 0 atom stereocenters. The van der Waals surface area contributed by atoms with Crippen molar-refractivity contribution in [2.24, 2.45) is 0 Å². The lowest BCUT2D eigenvalue weighted by Crippen LogP contribution is -1.74. The quantitative estimate of drug-likeness (QED) is 0.658. The van der Waals surface area contributed by atoms with Gasteiger partial charge in [-0.15, -0.1) is 10.2 Å². The highest BCUT2D eigenvalue weighted by Crippen LogP contribution is 2.21. The molecule has 0 amide bonds. The molecule has 0 aliphatic carbocycles. The Kier molecular flexibility index (Phi) is 3.15. The van der Waals surface area contributed by atoms with Gasteiger partial charge in [-0.05, 0) is 13.3 Å². The summed E-state index contributed by atoms with van der Waals surface area (Å²) in [5.74, 6) is 1.15. The summed E-state index contributed by atoms with van der Waals surface area (Å²) in [5, 5.41) is 8.96. The fraction of sp³-hybridized carbons (Fsp3) is 0.667. The van der Waals surface area contributed by atoms with Gasteiger partial charge in [0.05, 0.1) is 0 Å². The normalized spacial score (nSPS) is 10.2. The van der Waals surface area contributed by atoms with E-state index < -0.39 is 0 Å². The Morgan fingerprint density at radius 2 is 2.30 bits per heavy atom. The second-order valence-corrected chi connectivity index (χ2v) is 4.46. The van der Waals surface area contributed by atoms with E-state index in [1.165, 1.54) is 6.42 Å². The van der Waals surface area contributed by atoms with E-state index in [2.05, 4.69) is 17.1 Å². The first-order chi connectivity index (χ1) is 4.83. The van der Waals surface area contributed by atoms with Crippen molar-refractivity contribution in [2.45, 2.75) is 24.6 Å². The van der Waals surface area contributed by atoms with Gasteiger partial charge in [-0.2, -0.15) is 0 Å². The molecule has 1 aromatic heterocycles. The van der Waals surface area contributed by atoms with Crippen molar-refractivity contribution in [1.29, 1.82) is 0 Å². The van der Waals surface area contributed by atoms with Gasteiger partial charge < -0.3 is 0 Å². The van der Waals surface area contributed by atoms with Gasteiger partial charge >= 0.3 is 0 Å². The SMILES string of the molecule is CCCSc1nnc(C)s1. The minimum absolute atomic E-state index is 1.05. The number of rotatable bonds is 3. The van der Waals surface area contributed by atoms with Crippen molar-refractivity contribution in [3.8, 4) is 0 Å². The molecule has 10 heavy (non-hydrogen) atoms. The third-order valence-electron chi connectivity index (χ3n) is 0.937. The Hall–Kier alpha value is -0.0900. The van der Waals surface area contributed by atoms with Gasteiger partial charge in [-0.25, -0.2) is 0 Å². The summed E-state index contributed by atoms with van der Waals surface area (Å²) >= 11 is 3.45. The van der Waals surface area contributed by atoms with Gasteiger partial charge in [0.2, 0.25) is 0 Å². The molecule has 0 saturated carbocycles. The summed E-state index contributed by atoms with van der Waals surface area (Å²) in [6.07, 6.45) is 1.20. The number of hydrogen-bond donors (Lipinski definition) is 0. The maximum absolute atomic E-state index is 3.98. The molecular formula is C6H10N2S2. The Morgan fingerprint density at radius 1 is 1.50 bits per heavy atom. The van der Waals surface area contributed by atoms with E-state index in [1.807, 2.05) is 6.92 Å². The van der Waals surface area contributed by atoms with Gasteiger partial charge in [0, 0.05) is 5.75 Å². The Balaban J connectivity index is 2.42. The lowest BCUT2D eigenvalue weighted by atomic mass is 10.6. The van der Waals surface area contributed by atoms with Gasteiger partial charge in [-0.3, -0.25) is 0 Å². The molecule has 0 N–H and O–H groups in total. The second kappa shape index (κ2) is 3.93. The van der Waals surface area contributed by atoms with Crippen molar-refractivity contribution in [3.63, 3.8) is 0 Å². The molecule has 0 bridgehead atoms. The predicted octanol–water partition coefficient (Wildman–Crippen LogP) is 2.35. The van der Waals surface area contributed by atoms with Crippen molar-refractivity contribution in [3.05, 3.63) is 5.01 Å². The third-order valence-corrected chi connectivity index (χ3v) is 3.12. The van der Waals surface area contributed by atoms with Crippen molar-refractivity contribution in [2.75, 3.05) is 5.75 Å². The molecule has 0 aliphatic heterocycles. The van der Waals surface area contributed by atoms with Crippen LogP contribution in [-0.2, 0) is 0 Å². The van der Waals surface area contributed by atoms with Crippen LogP contribution in [0.15, 0.2) is 4.34 Å². The minimum atomic E-state index is 1.05. The number of thioether (sulfide) groups is 1. The van der Waals surface area contributed by atoms with E-state index in [1.54, 1.807) is 23.1 Å². The molecule has 1 aromatic rings. The first-order valence-corrected chi connectivity index (χ1v) is 5.06. The zero-order valence-electron chi connectivity index (χ0n) is 6.13. The number of aryl methyl sites for hydroxylation is 1. The largest absolute Gasteiger partial charge is 0.174 e. The van der Waals surface area contributed by atoms with E-state index >= 15 is 0 Å². The van der Waals surface area contributed by atoms with E-state index in [9.17, 15) is 0 Å². The molecule has 0 unspecified atom stereocenters. The molecule has 0 saturated heterocycles. The summed E-state index contributed by atoms with van der Waals surface area (Å²) in [4.78, 5) is 0. The summed E-state index contributed by atoms with van der Waals surface area (Å²) < 4.78 is 1.10. The van der Waals surface area contributed by atoms with Crippen LogP contribution in [-0.4, -0.2) is 16.0 Å². The molecule has 0 spiro atoms. The molecule has 1 rings (SSSR count). The Morgan fingerprint density at radius 3 is 2.80 bits per heavy atom. The van der Waals surface area contributed by atoms with Gasteiger partial charge in [0.15, 0.2) is 4.34 Å². The van der Waals surface area contributed by atoms with E-state index in [0.717, 1.165) is 15.1 Å². The van der Waals surface area contributed by atoms with E-state index in [4.69, 9.17) is 0 Å². The number of nitrogens with zero attached hydrogens (tertiary/aromatic N) is 2. The maximum Gasteiger partial charge on any atom is 0.174 e. The van der Waals surface area contributed by atoms with Crippen LogP contribution in [0.3, 0.4) is 0 Å². The standard InChI is InChI=1S/C6H10N2S2/c1-3-4-9-6-8-7-5(2)10-6/h3-4H2,1-2H3. The predicted molar refractivity (Wildman–Crippen MR) is 45.7 cm³/mol. The fourth-order valence-corrected chi connectivity index (χ4v) is 2.27. The van der Waals surface area contributed by atoms with Crippen molar-refractivity contribution >= 4 is 23.1 Å². The number of hydrogen-bond acceptors (Lipinski definition) is 4. The summed E-state index contributed by atoms with van der Waals surface area (Å²) in [5.41, 5.74) is 0. The molecular weight excluding hydrogens is 164 g/mol. The molecule has 0 radical (unpaired) electrons. The summed E-state index contributed by atoms with van der Waals surface area (Å²) in [6.45, 7) is 4.15. The average molecular weight is 174 g/mol. The molecule has 0 aliphatic rings. The van der Waals surface area contributed by atoms with Crippen LogP contribution in [0.2, 0.25) is 0 Å². The lowest BCUT2D eigenvalue weighted by Gasteiger charge is -1.88. The molecule has 2 nitrogen and oxygen atoms in total. The van der Waals surface area contributed by atoms with Crippen LogP contribution in [0.1, 0.15) is 18.4 Å². The van der Waals surface area contributed by atoms with Crippen LogP contribution in [0.5, 0.6) is 0 Å². The highest BCUT2D eigenvalue weighted by atomic mass is 32.2. The Labute approximate surface area is 69.1 Å². The summed E-state index contributed by atoms with van der Waals surface area (Å²) in [6, 6.07) is 0. The second-order valence-electron chi connectivity index (χ2n) is 1.94.